The molecule has 0 saturated carbocycles. The lowest BCUT2D eigenvalue weighted by Gasteiger charge is -2.36. The average molecular weight is 599 g/mol. The van der Waals surface area contributed by atoms with Gasteiger partial charge in [0.15, 0.2) is 12.0 Å². The predicted molar refractivity (Wildman–Crippen MR) is 166 cm³/mol. The second-order valence-corrected chi connectivity index (χ2v) is 13.0. The molecule has 0 spiro atoms. The van der Waals surface area contributed by atoms with Crippen molar-refractivity contribution < 1.29 is 9.90 Å². The number of fused-ring (bicyclic) bond motifs is 1. The Morgan fingerprint density at radius 2 is 1.66 bits per heavy atom. The second kappa shape index (κ2) is 12.1. The molecule has 220 valence electrons. The first-order chi connectivity index (χ1) is 19.5. The number of piperidine rings is 1. The number of anilines is 1. The first-order valence-corrected chi connectivity index (χ1v) is 15.4. The molecule has 2 aliphatic rings. The van der Waals surface area contributed by atoms with Gasteiger partial charge in [0.25, 0.3) is 5.91 Å². The van der Waals surface area contributed by atoms with Crippen LogP contribution in [0.1, 0.15) is 90.9 Å². The summed E-state index contributed by atoms with van der Waals surface area (Å²) in [5.41, 5.74) is 6.41. The topological polar surface area (TPSA) is 73.6 Å². The highest BCUT2D eigenvalue weighted by molar-refractivity contribution is 6.31. The van der Waals surface area contributed by atoms with Crippen LogP contribution in [0.15, 0.2) is 36.4 Å². The lowest BCUT2D eigenvalue weighted by Crippen LogP contribution is -2.51. The van der Waals surface area contributed by atoms with Gasteiger partial charge in [-0.15, -0.1) is 0 Å². The zero-order valence-corrected chi connectivity index (χ0v) is 26.3. The van der Waals surface area contributed by atoms with E-state index in [9.17, 15) is 9.90 Å². The molecule has 3 heterocycles. The van der Waals surface area contributed by atoms with Gasteiger partial charge in [-0.05, 0) is 93.3 Å². The third-order valence-electron chi connectivity index (χ3n) is 8.40. The molecule has 2 unspecified atom stereocenters. The predicted octanol–water partition coefficient (Wildman–Crippen LogP) is 6.67. The number of aromatic nitrogens is 2. The SMILES string of the molecule is Cc1cc(Cl)ccc1C1c2c(nn(CC3CCN(C(O)NC(C)C)CC3)c2C(C)C)C(=O)N1c1cc(Cl)ccc1C. The van der Waals surface area contributed by atoms with E-state index in [1.807, 2.05) is 69.0 Å². The fraction of sp³-hybridized carbons (Fsp3) is 0.500. The van der Waals surface area contributed by atoms with Gasteiger partial charge < -0.3 is 5.11 Å². The van der Waals surface area contributed by atoms with Crippen LogP contribution in [0.3, 0.4) is 0 Å². The maximum atomic E-state index is 14.2. The smallest absolute Gasteiger partial charge is 0.280 e. The van der Waals surface area contributed by atoms with E-state index in [2.05, 4.69) is 28.7 Å². The number of aryl methyl sites for hydroxylation is 2. The number of halogens is 2. The summed E-state index contributed by atoms with van der Waals surface area (Å²) in [6.07, 6.45) is 1.29. The van der Waals surface area contributed by atoms with E-state index in [0.29, 0.717) is 21.7 Å². The zero-order valence-electron chi connectivity index (χ0n) is 24.8. The van der Waals surface area contributed by atoms with E-state index in [1.54, 1.807) is 0 Å². The summed E-state index contributed by atoms with van der Waals surface area (Å²) < 4.78 is 2.09. The van der Waals surface area contributed by atoms with Crippen LogP contribution >= 0.6 is 23.2 Å². The van der Waals surface area contributed by atoms with Crippen molar-refractivity contribution >= 4 is 34.8 Å². The number of likely N-dealkylation sites (tertiary alicyclic amines) is 1. The van der Waals surface area contributed by atoms with E-state index < -0.39 is 6.35 Å². The Balaban J connectivity index is 1.53. The quantitative estimate of drug-likeness (QED) is 0.284. The molecule has 1 saturated heterocycles. The molecule has 7 nitrogen and oxygen atoms in total. The van der Waals surface area contributed by atoms with Crippen LogP contribution in [0.25, 0.3) is 0 Å². The standard InChI is InChI=1S/C32H41Cl2N5O2/c1-18(2)29-27-28(36-38(29)17-22-11-13-37(14-12-22)32(41)35-19(3)4)31(40)39(26-16-24(34)8-7-20(26)5)30(27)25-10-9-23(33)15-21(25)6/h7-10,15-16,18-19,22,30,32,35,41H,11-14,17H2,1-6H3. The van der Waals surface area contributed by atoms with Gasteiger partial charge >= 0.3 is 0 Å². The highest BCUT2D eigenvalue weighted by Gasteiger charge is 2.45. The molecule has 2 atom stereocenters. The lowest BCUT2D eigenvalue weighted by atomic mass is 9.91. The lowest BCUT2D eigenvalue weighted by molar-refractivity contribution is -0.0457. The molecule has 1 amide bonds. The Bertz CT molecular complexity index is 1430. The minimum Gasteiger partial charge on any atom is -0.365 e. The molecule has 0 radical (unpaired) electrons. The molecule has 3 aromatic rings. The van der Waals surface area contributed by atoms with Crippen molar-refractivity contribution in [2.24, 2.45) is 5.92 Å². The largest absolute Gasteiger partial charge is 0.365 e. The Hall–Kier alpha value is -2.42. The van der Waals surface area contributed by atoms with Gasteiger partial charge in [0.1, 0.15) is 0 Å². The number of carbonyl (C=O) groups is 1. The Labute approximate surface area is 253 Å². The van der Waals surface area contributed by atoms with E-state index in [1.165, 1.54) is 0 Å². The number of rotatable bonds is 8. The van der Waals surface area contributed by atoms with Crippen LogP contribution in [-0.4, -0.2) is 51.2 Å². The number of nitrogens with zero attached hydrogens (tertiary/aromatic N) is 4. The van der Waals surface area contributed by atoms with Crippen molar-refractivity contribution in [2.75, 3.05) is 18.0 Å². The van der Waals surface area contributed by atoms with Crippen LogP contribution in [-0.2, 0) is 6.54 Å². The summed E-state index contributed by atoms with van der Waals surface area (Å²) in [7, 11) is 0. The van der Waals surface area contributed by atoms with Crippen LogP contribution in [0.5, 0.6) is 0 Å². The Morgan fingerprint density at radius 3 is 2.29 bits per heavy atom. The summed E-state index contributed by atoms with van der Waals surface area (Å²) in [6, 6.07) is 11.4. The molecule has 41 heavy (non-hydrogen) atoms. The number of carbonyl (C=O) groups excluding carboxylic acids is 1. The molecule has 0 bridgehead atoms. The number of aliphatic hydroxyl groups excluding tert-OH is 1. The highest BCUT2D eigenvalue weighted by Crippen LogP contribution is 2.47. The van der Waals surface area contributed by atoms with Gasteiger partial charge in [0.05, 0.1) is 6.04 Å². The minimum atomic E-state index is -0.627. The summed E-state index contributed by atoms with van der Waals surface area (Å²) in [5, 5.41) is 20.0. The van der Waals surface area contributed by atoms with Gasteiger partial charge in [0.2, 0.25) is 0 Å². The van der Waals surface area contributed by atoms with Crippen LogP contribution < -0.4 is 10.2 Å². The maximum Gasteiger partial charge on any atom is 0.280 e. The fourth-order valence-corrected chi connectivity index (χ4v) is 6.78. The average Bonchev–Trinajstić information content (AvgIpc) is 3.40. The molecule has 1 aromatic heterocycles. The third-order valence-corrected chi connectivity index (χ3v) is 8.87. The van der Waals surface area contributed by atoms with Crippen LogP contribution in [0.2, 0.25) is 10.0 Å². The van der Waals surface area contributed by atoms with Crippen molar-refractivity contribution in [1.29, 1.82) is 0 Å². The van der Waals surface area contributed by atoms with Crippen molar-refractivity contribution in [2.45, 2.75) is 85.3 Å². The molecule has 0 aliphatic carbocycles. The maximum absolute atomic E-state index is 14.2. The van der Waals surface area contributed by atoms with Crippen LogP contribution in [0, 0.1) is 19.8 Å². The van der Waals surface area contributed by atoms with E-state index in [-0.39, 0.29) is 23.9 Å². The fourth-order valence-electron chi connectivity index (χ4n) is 6.38. The number of hydrogen-bond acceptors (Lipinski definition) is 5. The summed E-state index contributed by atoms with van der Waals surface area (Å²) in [5.74, 6) is 0.460. The second-order valence-electron chi connectivity index (χ2n) is 12.2. The normalized spacial score (nSPS) is 19.0. The molecule has 1 fully saturated rings. The van der Waals surface area contributed by atoms with Crippen molar-refractivity contribution in [3.63, 3.8) is 0 Å². The van der Waals surface area contributed by atoms with Gasteiger partial charge in [-0.1, -0.05) is 49.2 Å². The van der Waals surface area contributed by atoms with Crippen molar-refractivity contribution in [3.05, 3.63) is 80.1 Å². The molecule has 2 aliphatic heterocycles. The molecular formula is C32H41Cl2N5O2. The van der Waals surface area contributed by atoms with Gasteiger partial charge in [-0.2, -0.15) is 5.10 Å². The molecule has 9 heteroatoms. The number of aliphatic hydroxyl groups is 1. The summed E-state index contributed by atoms with van der Waals surface area (Å²) >= 11 is 12.8. The monoisotopic (exact) mass is 597 g/mol. The van der Waals surface area contributed by atoms with Crippen LogP contribution in [0.4, 0.5) is 5.69 Å². The Morgan fingerprint density at radius 1 is 1.00 bits per heavy atom. The number of hydrogen-bond donors (Lipinski definition) is 2. The van der Waals surface area contributed by atoms with E-state index >= 15 is 0 Å². The molecule has 5 rings (SSSR count). The molecular weight excluding hydrogens is 557 g/mol. The van der Waals surface area contributed by atoms with Crippen molar-refractivity contribution in [3.8, 4) is 0 Å². The first-order valence-electron chi connectivity index (χ1n) is 14.6. The van der Waals surface area contributed by atoms with Gasteiger partial charge in [-0.25, -0.2) is 0 Å². The molecule has 2 N–H and O–H groups in total. The molecule has 2 aromatic carbocycles. The first kappa shape index (κ1) is 30.1. The summed E-state index contributed by atoms with van der Waals surface area (Å²) in [4.78, 5) is 18.2. The van der Waals surface area contributed by atoms with E-state index in [4.69, 9.17) is 28.3 Å². The van der Waals surface area contributed by atoms with Gasteiger partial charge in [-0.3, -0.25) is 24.6 Å². The number of amides is 1. The Kier molecular flexibility index (Phi) is 8.84. The minimum absolute atomic E-state index is 0.108. The third kappa shape index (κ3) is 5.93. The van der Waals surface area contributed by atoms with Crippen molar-refractivity contribution in [1.82, 2.24) is 20.0 Å². The summed E-state index contributed by atoms with van der Waals surface area (Å²) in [6.45, 7) is 14.9. The van der Waals surface area contributed by atoms with E-state index in [0.717, 1.165) is 66.1 Å². The zero-order chi connectivity index (χ0) is 29.6. The van der Waals surface area contributed by atoms with Gasteiger partial charge in [0, 0.05) is 52.7 Å². The number of nitrogens with one attached hydrogen (secondary N) is 1. The number of benzene rings is 2. The highest BCUT2D eigenvalue weighted by atomic mass is 35.5.